The van der Waals surface area contributed by atoms with Crippen molar-refractivity contribution in [2.75, 3.05) is 13.2 Å². The number of hydrogen-bond acceptors (Lipinski definition) is 6. The van der Waals surface area contributed by atoms with Crippen LogP contribution >= 0.6 is 0 Å². The van der Waals surface area contributed by atoms with Gasteiger partial charge in [0, 0.05) is 24.2 Å². The lowest BCUT2D eigenvalue weighted by atomic mass is 10.0. The molecule has 0 saturated heterocycles. The van der Waals surface area contributed by atoms with E-state index in [0.29, 0.717) is 49.9 Å². The largest absolute Gasteiger partial charge is 0.493 e. The zero-order chi connectivity index (χ0) is 30.4. The monoisotopic (exact) mass is 583 g/mol. The number of nitrogens with two attached hydrogens (primary N) is 2. The zero-order valence-corrected chi connectivity index (χ0v) is 24.9. The summed E-state index contributed by atoms with van der Waals surface area (Å²) >= 11 is 0. The van der Waals surface area contributed by atoms with Gasteiger partial charge < -0.3 is 26.3 Å². The Morgan fingerprint density at radius 1 is 0.907 bits per heavy atom. The highest BCUT2D eigenvalue weighted by Gasteiger charge is 2.22. The van der Waals surface area contributed by atoms with Gasteiger partial charge in [0.2, 0.25) is 5.91 Å². The summed E-state index contributed by atoms with van der Waals surface area (Å²) in [6.07, 6.45) is 3.80. The SMILES string of the molecule is CC(C)CCOc1ccccc1-c1ccccc1OCc1cn([C@H](CCCN=C(N)N)C(=O)NCc2ccccc2)nn1. The minimum Gasteiger partial charge on any atom is -0.493 e. The Morgan fingerprint density at radius 3 is 2.23 bits per heavy atom. The number of aliphatic imine (C=N–C) groups is 1. The maximum absolute atomic E-state index is 13.3. The summed E-state index contributed by atoms with van der Waals surface area (Å²) in [5.41, 5.74) is 14.4. The van der Waals surface area contributed by atoms with Crippen molar-refractivity contribution < 1.29 is 14.3 Å². The number of benzene rings is 3. The van der Waals surface area contributed by atoms with Crippen LogP contribution in [-0.4, -0.2) is 40.0 Å². The van der Waals surface area contributed by atoms with Crippen molar-refractivity contribution >= 4 is 11.9 Å². The van der Waals surface area contributed by atoms with Gasteiger partial charge in [-0.15, -0.1) is 5.10 Å². The normalized spacial score (nSPS) is 11.6. The smallest absolute Gasteiger partial charge is 0.245 e. The molecule has 3 aromatic carbocycles. The molecule has 0 aliphatic carbocycles. The first-order valence-electron chi connectivity index (χ1n) is 14.6. The molecule has 0 spiro atoms. The van der Waals surface area contributed by atoms with E-state index in [1.165, 1.54) is 0 Å². The first kappa shape index (κ1) is 31.1. The third-order valence-corrected chi connectivity index (χ3v) is 6.81. The predicted molar refractivity (Wildman–Crippen MR) is 168 cm³/mol. The fraction of sp³-hybridized carbons (Fsp3) is 0.333. The van der Waals surface area contributed by atoms with Gasteiger partial charge in [0.05, 0.1) is 12.8 Å². The van der Waals surface area contributed by atoms with Gasteiger partial charge in [-0.25, -0.2) is 4.68 Å². The molecule has 0 radical (unpaired) electrons. The third kappa shape index (κ3) is 9.59. The Labute approximate surface area is 253 Å². The molecule has 4 aromatic rings. The molecule has 43 heavy (non-hydrogen) atoms. The molecule has 10 heteroatoms. The van der Waals surface area contributed by atoms with E-state index in [9.17, 15) is 4.79 Å². The van der Waals surface area contributed by atoms with E-state index in [-0.39, 0.29) is 18.5 Å². The van der Waals surface area contributed by atoms with Gasteiger partial charge in [-0.1, -0.05) is 85.8 Å². The summed E-state index contributed by atoms with van der Waals surface area (Å²) in [7, 11) is 0. The molecule has 226 valence electrons. The molecular weight excluding hydrogens is 542 g/mol. The molecule has 0 unspecified atom stereocenters. The lowest BCUT2D eigenvalue weighted by molar-refractivity contribution is -0.125. The van der Waals surface area contributed by atoms with E-state index < -0.39 is 6.04 Å². The van der Waals surface area contributed by atoms with Crippen LogP contribution in [0, 0.1) is 5.92 Å². The summed E-state index contributed by atoms with van der Waals surface area (Å²) in [6.45, 7) is 6.01. The number of ether oxygens (including phenoxy) is 2. The van der Waals surface area contributed by atoms with Crippen molar-refractivity contribution in [3.05, 3.63) is 96.3 Å². The Balaban J connectivity index is 1.45. The van der Waals surface area contributed by atoms with E-state index in [1.807, 2.05) is 78.9 Å². The van der Waals surface area contributed by atoms with Gasteiger partial charge in [-0.2, -0.15) is 0 Å². The van der Waals surface area contributed by atoms with Crippen LogP contribution in [0.2, 0.25) is 0 Å². The molecule has 1 heterocycles. The molecule has 1 amide bonds. The maximum atomic E-state index is 13.3. The first-order valence-corrected chi connectivity index (χ1v) is 14.6. The second-order valence-corrected chi connectivity index (χ2v) is 10.7. The van der Waals surface area contributed by atoms with Gasteiger partial charge in [-0.3, -0.25) is 9.79 Å². The number of carbonyl (C=O) groups excluding carboxylic acids is 1. The maximum Gasteiger partial charge on any atom is 0.245 e. The van der Waals surface area contributed by atoms with Crippen LogP contribution in [0.15, 0.2) is 90.1 Å². The number of aromatic nitrogens is 3. The van der Waals surface area contributed by atoms with Gasteiger partial charge >= 0.3 is 0 Å². The quantitative estimate of drug-likeness (QED) is 0.0971. The van der Waals surface area contributed by atoms with E-state index >= 15 is 0 Å². The Kier molecular flexibility index (Phi) is 11.5. The number of hydrogen-bond donors (Lipinski definition) is 3. The summed E-state index contributed by atoms with van der Waals surface area (Å²) in [5, 5.41) is 11.6. The van der Waals surface area contributed by atoms with Crippen LogP contribution in [0.25, 0.3) is 11.1 Å². The third-order valence-electron chi connectivity index (χ3n) is 6.81. The molecule has 1 aromatic heterocycles. The molecule has 1 atom stereocenters. The van der Waals surface area contributed by atoms with Crippen LogP contribution in [0.4, 0.5) is 0 Å². The van der Waals surface area contributed by atoms with Gasteiger partial charge in [0.1, 0.15) is 29.8 Å². The van der Waals surface area contributed by atoms with E-state index in [1.54, 1.807) is 10.9 Å². The van der Waals surface area contributed by atoms with Crippen molar-refractivity contribution in [1.29, 1.82) is 0 Å². The van der Waals surface area contributed by atoms with Crippen LogP contribution in [-0.2, 0) is 17.9 Å². The Bertz CT molecular complexity index is 1470. The highest BCUT2D eigenvalue weighted by Crippen LogP contribution is 2.36. The average molecular weight is 584 g/mol. The Morgan fingerprint density at radius 2 is 1.56 bits per heavy atom. The topological polar surface area (TPSA) is 143 Å². The van der Waals surface area contributed by atoms with Crippen molar-refractivity contribution in [2.45, 2.75) is 52.3 Å². The summed E-state index contributed by atoms with van der Waals surface area (Å²) in [4.78, 5) is 17.3. The lowest BCUT2D eigenvalue weighted by Crippen LogP contribution is -2.33. The van der Waals surface area contributed by atoms with E-state index in [2.05, 4.69) is 34.5 Å². The molecule has 0 aliphatic rings. The van der Waals surface area contributed by atoms with Crippen LogP contribution in [0.3, 0.4) is 0 Å². The molecule has 5 N–H and O–H groups in total. The molecule has 0 aliphatic heterocycles. The number of guanidine groups is 1. The van der Waals surface area contributed by atoms with E-state index in [4.69, 9.17) is 20.9 Å². The van der Waals surface area contributed by atoms with Crippen LogP contribution in [0.1, 0.15) is 50.4 Å². The van der Waals surface area contributed by atoms with Gasteiger partial charge in [0.25, 0.3) is 0 Å². The van der Waals surface area contributed by atoms with Crippen LogP contribution in [0.5, 0.6) is 11.5 Å². The average Bonchev–Trinajstić information content (AvgIpc) is 3.48. The fourth-order valence-corrected chi connectivity index (χ4v) is 4.50. The number of para-hydroxylation sites is 2. The second kappa shape index (κ2) is 16.0. The van der Waals surface area contributed by atoms with Crippen molar-refractivity contribution in [1.82, 2.24) is 20.3 Å². The number of nitrogens with one attached hydrogen (secondary N) is 1. The lowest BCUT2D eigenvalue weighted by Gasteiger charge is -2.17. The molecule has 0 saturated carbocycles. The van der Waals surface area contributed by atoms with E-state index in [0.717, 1.165) is 28.9 Å². The minimum atomic E-state index is -0.582. The molecule has 4 rings (SSSR count). The highest BCUT2D eigenvalue weighted by molar-refractivity contribution is 5.80. The molecule has 0 fully saturated rings. The van der Waals surface area contributed by atoms with Crippen molar-refractivity contribution in [3.63, 3.8) is 0 Å². The van der Waals surface area contributed by atoms with Crippen LogP contribution < -0.4 is 26.3 Å². The summed E-state index contributed by atoms with van der Waals surface area (Å²) in [6, 6.07) is 25.0. The standard InChI is InChI=1S/C33H41N7O3/c1-24(2)18-20-42-30-16-8-6-13-27(30)28-14-7-9-17-31(28)43-23-26-22-40(39-38-26)29(15-10-19-36-33(34)35)32(41)37-21-25-11-4-3-5-12-25/h3-9,11-14,16-17,22,24,29H,10,15,18-21,23H2,1-2H3,(H,37,41)(H4,34,35,36)/t29-/m1/s1. The number of carbonyl (C=O) groups is 1. The fourth-order valence-electron chi connectivity index (χ4n) is 4.50. The summed E-state index contributed by atoms with van der Waals surface area (Å²) in [5.74, 6) is 1.94. The van der Waals surface area contributed by atoms with Crippen molar-refractivity contribution in [3.8, 4) is 22.6 Å². The van der Waals surface area contributed by atoms with Gasteiger partial charge in [0.15, 0.2) is 5.96 Å². The summed E-state index contributed by atoms with van der Waals surface area (Å²) < 4.78 is 14.0. The molecular formula is C33H41N7O3. The number of nitrogens with zero attached hydrogens (tertiary/aromatic N) is 4. The predicted octanol–water partition coefficient (Wildman–Crippen LogP) is 4.86. The van der Waals surface area contributed by atoms with Crippen molar-refractivity contribution in [2.24, 2.45) is 22.4 Å². The number of amides is 1. The second-order valence-electron chi connectivity index (χ2n) is 10.7. The molecule has 0 bridgehead atoms. The highest BCUT2D eigenvalue weighted by atomic mass is 16.5. The number of rotatable bonds is 16. The molecule has 10 nitrogen and oxygen atoms in total. The Hall–Kier alpha value is -4.86. The van der Waals surface area contributed by atoms with Gasteiger partial charge in [-0.05, 0) is 42.9 Å². The zero-order valence-electron chi connectivity index (χ0n) is 24.9. The minimum absolute atomic E-state index is 0.0234. The first-order chi connectivity index (χ1) is 20.9.